The van der Waals surface area contributed by atoms with Gasteiger partial charge in [-0.05, 0) is 18.9 Å². The molecule has 3 nitrogen and oxygen atoms in total. The van der Waals surface area contributed by atoms with Crippen LogP contribution in [0.25, 0.3) is 0 Å². The lowest BCUT2D eigenvalue weighted by atomic mass is 9.89. The number of nitrogens with one attached hydrogen (secondary N) is 1. The zero-order chi connectivity index (χ0) is 9.97. The van der Waals surface area contributed by atoms with E-state index in [0.717, 1.165) is 18.4 Å². The number of nitrogens with zero attached hydrogens (tertiary/aromatic N) is 1. The van der Waals surface area contributed by atoms with E-state index in [1.165, 1.54) is 0 Å². The fraction of sp³-hybridized carbons (Fsp3) is 0.500. The van der Waals surface area contributed by atoms with Gasteiger partial charge in [-0.1, -0.05) is 17.7 Å². The number of aromatic nitrogens is 1. The summed E-state index contributed by atoms with van der Waals surface area (Å²) in [6, 6.07) is 4.03. The van der Waals surface area contributed by atoms with E-state index in [2.05, 4.69) is 10.3 Å². The molecule has 0 radical (unpaired) electrons. The fourth-order valence-corrected chi connectivity index (χ4v) is 1.70. The highest BCUT2D eigenvalue weighted by atomic mass is 35.5. The van der Waals surface area contributed by atoms with Crippen LogP contribution in [0.1, 0.15) is 18.4 Å². The molecule has 0 amide bonds. The monoisotopic (exact) mass is 212 g/mol. The van der Waals surface area contributed by atoms with Crippen LogP contribution >= 0.6 is 11.6 Å². The van der Waals surface area contributed by atoms with E-state index in [1.807, 2.05) is 12.1 Å². The average Bonchev–Trinajstić information content (AvgIpc) is 2.19. The summed E-state index contributed by atoms with van der Waals surface area (Å²) in [5.74, 6) is 0. The standard InChI is InChI=1S/C10H13ClN2O/c11-10-7(2-1-5-12-10)6-13-8-3-4-9(8)14/h1-2,5,8-9,13-14H,3-4,6H2/t8-,9-/m1/s1. The summed E-state index contributed by atoms with van der Waals surface area (Å²) in [7, 11) is 0. The first-order valence-electron chi connectivity index (χ1n) is 4.78. The van der Waals surface area contributed by atoms with Crippen LogP contribution in [0.4, 0.5) is 0 Å². The van der Waals surface area contributed by atoms with Crippen molar-refractivity contribution in [2.45, 2.75) is 31.5 Å². The Labute approximate surface area is 88.1 Å². The highest BCUT2D eigenvalue weighted by Gasteiger charge is 2.27. The molecule has 0 aromatic carbocycles. The molecule has 2 N–H and O–H groups in total. The number of hydrogen-bond acceptors (Lipinski definition) is 3. The van der Waals surface area contributed by atoms with Crippen molar-refractivity contribution >= 4 is 11.6 Å². The summed E-state index contributed by atoms with van der Waals surface area (Å²) < 4.78 is 0. The van der Waals surface area contributed by atoms with Gasteiger partial charge in [0, 0.05) is 24.3 Å². The van der Waals surface area contributed by atoms with E-state index in [4.69, 9.17) is 11.6 Å². The van der Waals surface area contributed by atoms with Gasteiger partial charge < -0.3 is 10.4 Å². The second-order valence-electron chi connectivity index (χ2n) is 3.59. The maximum absolute atomic E-state index is 9.34. The van der Waals surface area contributed by atoms with Gasteiger partial charge in [-0.3, -0.25) is 0 Å². The maximum atomic E-state index is 9.34. The van der Waals surface area contributed by atoms with Gasteiger partial charge in [-0.25, -0.2) is 4.98 Å². The Balaban J connectivity index is 1.88. The Morgan fingerprint density at radius 1 is 1.57 bits per heavy atom. The molecule has 1 aliphatic carbocycles. The minimum absolute atomic E-state index is 0.189. The van der Waals surface area contributed by atoms with Gasteiger partial charge in [0.2, 0.25) is 0 Å². The van der Waals surface area contributed by atoms with Gasteiger partial charge in [-0.2, -0.15) is 0 Å². The first kappa shape index (κ1) is 9.90. The van der Waals surface area contributed by atoms with Crippen molar-refractivity contribution < 1.29 is 5.11 Å². The SMILES string of the molecule is O[C@@H]1CC[C@H]1NCc1cccnc1Cl. The van der Waals surface area contributed by atoms with Gasteiger partial charge in [0.1, 0.15) is 5.15 Å². The summed E-state index contributed by atoms with van der Waals surface area (Å²) in [6.07, 6.45) is 3.42. The summed E-state index contributed by atoms with van der Waals surface area (Å²) in [6.45, 7) is 0.675. The van der Waals surface area contributed by atoms with Crippen LogP contribution in [-0.2, 0) is 6.54 Å². The second-order valence-corrected chi connectivity index (χ2v) is 3.94. The van der Waals surface area contributed by atoms with Crippen molar-refractivity contribution in [2.24, 2.45) is 0 Å². The van der Waals surface area contributed by atoms with E-state index in [9.17, 15) is 5.11 Å². The maximum Gasteiger partial charge on any atom is 0.133 e. The van der Waals surface area contributed by atoms with E-state index in [0.29, 0.717) is 11.7 Å². The Morgan fingerprint density at radius 3 is 3.00 bits per heavy atom. The molecule has 14 heavy (non-hydrogen) atoms. The molecule has 2 atom stereocenters. The predicted molar refractivity (Wildman–Crippen MR) is 55.1 cm³/mol. The van der Waals surface area contributed by atoms with Crippen LogP contribution in [0.15, 0.2) is 18.3 Å². The summed E-state index contributed by atoms with van der Waals surface area (Å²) in [5, 5.41) is 13.1. The van der Waals surface area contributed by atoms with Crippen LogP contribution < -0.4 is 5.32 Å². The van der Waals surface area contributed by atoms with Crippen LogP contribution in [-0.4, -0.2) is 22.2 Å². The topological polar surface area (TPSA) is 45.1 Å². The number of pyridine rings is 1. The molecule has 0 saturated heterocycles. The van der Waals surface area contributed by atoms with Crippen LogP contribution in [0.3, 0.4) is 0 Å². The number of rotatable bonds is 3. The quantitative estimate of drug-likeness (QED) is 0.744. The zero-order valence-electron chi connectivity index (χ0n) is 7.78. The van der Waals surface area contributed by atoms with E-state index < -0.39 is 0 Å². The van der Waals surface area contributed by atoms with Gasteiger partial charge >= 0.3 is 0 Å². The van der Waals surface area contributed by atoms with Crippen molar-refractivity contribution in [2.75, 3.05) is 0 Å². The third-order valence-electron chi connectivity index (χ3n) is 2.63. The summed E-state index contributed by atoms with van der Waals surface area (Å²) in [5.41, 5.74) is 0.980. The minimum Gasteiger partial charge on any atom is -0.392 e. The van der Waals surface area contributed by atoms with Crippen molar-refractivity contribution in [1.29, 1.82) is 0 Å². The molecule has 0 spiro atoms. The molecule has 1 aliphatic rings. The smallest absolute Gasteiger partial charge is 0.133 e. The molecule has 0 bridgehead atoms. The van der Waals surface area contributed by atoms with Gasteiger partial charge in [-0.15, -0.1) is 0 Å². The fourth-order valence-electron chi connectivity index (χ4n) is 1.51. The molecule has 2 rings (SSSR count). The molecule has 76 valence electrons. The molecule has 1 saturated carbocycles. The average molecular weight is 213 g/mol. The highest BCUT2D eigenvalue weighted by Crippen LogP contribution is 2.20. The number of halogens is 1. The van der Waals surface area contributed by atoms with Gasteiger partial charge in [0.05, 0.1) is 6.10 Å². The Bertz CT molecular complexity index is 319. The van der Waals surface area contributed by atoms with E-state index in [1.54, 1.807) is 6.20 Å². The van der Waals surface area contributed by atoms with Crippen LogP contribution in [0, 0.1) is 0 Å². The van der Waals surface area contributed by atoms with Crippen LogP contribution in [0.2, 0.25) is 5.15 Å². The Morgan fingerprint density at radius 2 is 2.43 bits per heavy atom. The van der Waals surface area contributed by atoms with Crippen molar-refractivity contribution in [3.63, 3.8) is 0 Å². The molecule has 1 heterocycles. The second kappa shape index (κ2) is 4.26. The lowest BCUT2D eigenvalue weighted by Gasteiger charge is -2.33. The Hall–Kier alpha value is -0.640. The van der Waals surface area contributed by atoms with Gasteiger partial charge in [0.15, 0.2) is 0 Å². The normalized spacial score (nSPS) is 25.9. The lowest BCUT2D eigenvalue weighted by Crippen LogP contribution is -2.47. The van der Waals surface area contributed by atoms with E-state index in [-0.39, 0.29) is 12.1 Å². The molecule has 4 heteroatoms. The third kappa shape index (κ3) is 2.05. The largest absolute Gasteiger partial charge is 0.392 e. The molecular formula is C10H13ClN2O. The number of aliphatic hydroxyl groups is 1. The molecular weight excluding hydrogens is 200 g/mol. The predicted octanol–water partition coefficient (Wildman–Crippen LogP) is 1.35. The van der Waals surface area contributed by atoms with Crippen LogP contribution in [0.5, 0.6) is 0 Å². The van der Waals surface area contributed by atoms with E-state index >= 15 is 0 Å². The molecule has 0 aliphatic heterocycles. The molecule has 0 unspecified atom stereocenters. The zero-order valence-corrected chi connectivity index (χ0v) is 8.54. The molecule has 1 aromatic rings. The molecule has 1 fully saturated rings. The van der Waals surface area contributed by atoms with Crippen molar-refractivity contribution in [3.8, 4) is 0 Å². The molecule has 1 aromatic heterocycles. The van der Waals surface area contributed by atoms with Gasteiger partial charge in [0.25, 0.3) is 0 Å². The summed E-state index contributed by atoms with van der Waals surface area (Å²) >= 11 is 5.89. The number of aliphatic hydroxyl groups excluding tert-OH is 1. The Kier molecular flexibility index (Phi) is 3.01. The lowest BCUT2D eigenvalue weighted by molar-refractivity contribution is 0.0493. The van der Waals surface area contributed by atoms with Crippen molar-refractivity contribution in [1.82, 2.24) is 10.3 Å². The highest BCUT2D eigenvalue weighted by molar-refractivity contribution is 6.30. The number of hydrogen-bond donors (Lipinski definition) is 2. The summed E-state index contributed by atoms with van der Waals surface area (Å²) in [4.78, 5) is 3.98. The van der Waals surface area contributed by atoms with Crippen molar-refractivity contribution in [3.05, 3.63) is 29.0 Å². The third-order valence-corrected chi connectivity index (χ3v) is 2.97. The first-order chi connectivity index (χ1) is 6.77. The first-order valence-corrected chi connectivity index (χ1v) is 5.16. The minimum atomic E-state index is -0.189.